The number of rotatable bonds is 6. The van der Waals surface area contributed by atoms with Crippen molar-refractivity contribution in [3.8, 4) is 5.75 Å². The first-order valence-electron chi connectivity index (χ1n) is 8.12. The summed E-state index contributed by atoms with van der Waals surface area (Å²) in [5, 5.41) is 0. The van der Waals surface area contributed by atoms with E-state index >= 15 is 0 Å². The summed E-state index contributed by atoms with van der Waals surface area (Å²) in [5.41, 5.74) is 4.30. The third-order valence-corrected chi connectivity index (χ3v) is 5.71. The van der Waals surface area contributed by atoms with Crippen molar-refractivity contribution in [3.05, 3.63) is 52.6 Å². The molecule has 5 heteroatoms. The van der Waals surface area contributed by atoms with E-state index in [4.69, 9.17) is 4.74 Å². The topological polar surface area (TPSA) is 55.4 Å². The highest BCUT2D eigenvalue weighted by Crippen LogP contribution is 2.30. The minimum atomic E-state index is -3.69. The summed E-state index contributed by atoms with van der Waals surface area (Å²) in [5.74, 6) is 0.570. The van der Waals surface area contributed by atoms with Gasteiger partial charge in [-0.15, -0.1) is 0 Å². The molecule has 1 N–H and O–H groups in total. The van der Waals surface area contributed by atoms with Crippen molar-refractivity contribution in [1.29, 1.82) is 0 Å². The number of aryl methyl sites for hydroxylation is 4. The van der Waals surface area contributed by atoms with E-state index in [0.29, 0.717) is 17.0 Å². The lowest BCUT2D eigenvalue weighted by Crippen LogP contribution is -2.17. The van der Waals surface area contributed by atoms with Gasteiger partial charge in [0.25, 0.3) is 10.0 Å². The summed E-state index contributed by atoms with van der Waals surface area (Å²) in [7, 11) is -2.14. The molecule has 0 unspecified atom stereocenters. The Kier molecular flexibility index (Phi) is 5.54. The van der Waals surface area contributed by atoms with Crippen LogP contribution < -0.4 is 9.46 Å². The van der Waals surface area contributed by atoms with Gasteiger partial charge in [0, 0.05) is 6.07 Å². The number of para-hydroxylation sites is 1. The Hall–Kier alpha value is -2.01. The number of methoxy groups -OCH3 is 1. The second-order valence-electron chi connectivity index (χ2n) is 5.85. The van der Waals surface area contributed by atoms with E-state index in [9.17, 15) is 8.42 Å². The largest absolute Gasteiger partial charge is 0.496 e. The molecule has 130 valence electrons. The first-order valence-corrected chi connectivity index (χ1v) is 9.61. The van der Waals surface area contributed by atoms with Gasteiger partial charge < -0.3 is 4.74 Å². The molecule has 0 aliphatic carbocycles. The molecule has 0 aromatic heterocycles. The number of sulfonamides is 1. The molecule has 24 heavy (non-hydrogen) atoms. The summed E-state index contributed by atoms with van der Waals surface area (Å²) >= 11 is 0. The fourth-order valence-corrected chi connectivity index (χ4v) is 4.27. The summed E-state index contributed by atoms with van der Waals surface area (Å²) < 4.78 is 34.0. The molecule has 4 nitrogen and oxygen atoms in total. The Morgan fingerprint density at radius 1 is 1.00 bits per heavy atom. The lowest BCUT2D eigenvalue weighted by molar-refractivity contribution is 0.410. The molecule has 0 spiro atoms. The van der Waals surface area contributed by atoms with Crippen LogP contribution in [0.15, 0.2) is 35.2 Å². The zero-order valence-corrected chi connectivity index (χ0v) is 15.8. The average Bonchev–Trinajstić information content (AvgIpc) is 2.54. The zero-order valence-electron chi connectivity index (χ0n) is 14.9. The molecule has 0 aliphatic heterocycles. The molecule has 2 aromatic carbocycles. The van der Waals surface area contributed by atoms with Crippen LogP contribution in [-0.2, 0) is 22.9 Å². The SMILES string of the molecule is CCc1cccc(CC)c1NS(=O)(=O)c1cc(OC)c(C)cc1C. The van der Waals surface area contributed by atoms with Gasteiger partial charge in [-0.25, -0.2) is 8.42 Å². The van der Waals surface area contributed by atoms with Crippen molar-refractivity contribution in [2.75, 3.05) is 11.8 Å². The summed E-state index contributed by atoms with van der Waals surface area (Å²) in [4.78, 5) is 0.248. The van der Waals surface area contributed by atoms with Crippen LogP contribution in [0.25, 0.3) is 0 Å². The normalized spacial score (nSPS) is 11.4. The Balaban J connectivity index is 2.54. The fourth-order valence-electron chi connectivity index (χ4n) is 2.89. The molecule has 2 aromatic rings. The molecular formula is C19H25NO3S. The van der Waals surface area contributed by atoms with Gasteiger partial charge in [-0.1, -0.05) is 38.1 Å². The van der Waals surface area contributed by atoms with Crippen molar-refractivity contribution < 1.29 is 13.2 Å². The Labute approximate surface area is 144 Å². The van der Waals surface area contributed by atoms with Crippen LogP contribution in [0, 0.1) is 13.8 Å². The third-order valence-electron chi connectivity index (χ3n) is 4.22. The lowest BCUT2D eigenvalue weighted by atomic mass is 10.0. The van der Waals surface area contributed by atoms with Crippen LogP contribution in [0.2, 0.25) is 0 Å². The highest BCUT2D eigenvalue weighted by molar-refractivity contribution is 7.92. The van der Waals surface area contributed by atoms with E-state index in [2.05, 4.69) is 4.72 Å². The maximum atomic E-state index is 13.0. The van der Waals surface area contributed by atoms with Crippen molar-refractivity contribution in [2.45, 2.75) is 45.4 Å². The minimum absolute atomic E-state index is 0.248. The standard InChI is InChI=1S/C19H25NO3S/c1-6-15-9-8-10-16(7-2)19(15)20-24(21,22)18-12-17(23-5)13(3)11-14(18)4/h8-12,20H,6-7H2,1-5H3. The van der Waals surface area contributed by atoms with Gasteiger partial charge >= 0.3 is 0 Å². The molecule has 0 amide bonds. The molecule has 0 fully saturated rings. The predicted molar refractivity (Wildman–Crippen MR) is 98.5 cm³/mol. The number of hydrogen-bond acceptors (Lipinski definition) is 3. The number of hydrogen-bond donors (Lipinski definition) is 1. The second-order valence-corrected chi connectivity index (χ2v) is 7.50. The van der Waals surface area contributed by atoms with Gasteiger partial charge in [0.05, 0.1) is 17.7 Å². The molecule has 0 atom stereocenters. The number of anilines is 1. The second kappa shape index (κ2) is 7.26. The van der Waals surface area contributed by atoms with Gasteiger partial charge in [0.1, 0.15) is 5.75 Å². The molecule has 0 saturated carbocycles. The third kappa shape index (κ3) is 3.56. The van der Waals surface area contributed by atoms with E-state index in [0.717, 1.165) is 29.5 Å². The Morgan fingerprint density at radius 3 is 2.08 bits per heavy atom. The highest BCUT2D eigenvalue weighted by Gasteiger charge is 2.21. The Morgan fingerprint density at radius 2 is 1.58 bits per heavy atom. The van der Waals surface area contributed by atoms with Gasteiger partial charge in [0.2, 0.25) is 0 Å². The van der Waals surface area contributed by atoms with Crippen LogP contribution in [-0.4, -0.2) is 15.5 Å². The van der Waals surface area contributed by atoms with Crippen LogP contribution in [0.1, 0.15) is 36.1 Å². The fraction of sp³-hybridized carbons (Fsp3) is 0.368. The average molecular weight is 347 g/mol. The van der Waals surface area contributed by atoms with Crippen molar-refractivity contribution in [3.63, 3.8) is 0 Å². The molecule has 0 saturated heterocycles. The van der Waals surface area contributed by atoms with Crippen LogP contribution in [0.5, 0.6) is 5.75 Å². The van der Waals surface area contributed by atoms with E-state index < -0.39 is 10.0 Å². The van der Waals surface area contributed by atoms with Crippen molar-refractivity contribution in [2.24, 2.45) is 0 Å². The maximum Gasteiger partial charge on any atom is 0.262 e. The highest BCUT2D eigenvalue weighted by atomic mass is 32.2. The minimum Gasteiger partial charge on any atom is -0.496 e. The molecular weight excluding hydrogens is 322 g/mol. The number of benzene rings is 2. The smallest absolute Gasteiger partial charge is 0.262 e. The van der Waals surface area contributed by atoms with E-state index in [1.807, 2.05) is 45.0 Å². The first-order chi connectivity index (χ1) is 11.3. The summed E-state index contributed by atoms with van der Waals surface area (Å²) in [6, 6.07) is 9.31. The monoisotopic (exact) mass is 347 g/mol. The quantitative estimate of drug-likeness (QED) is 0.850. The lowest BCUT2D eigenvalue weighted by Gasteiger charge is -2.17. The van der Waals surface area contributed by atoms with Gasteiger partial charge in [-0.2, -0.15) is 0 Å². The van der Waals surface area contributed by atoms with E-state index in [1.54, 1.807) is 20.1 Å². The van der Waals surface area contributed by atoms with Gasteiger partial charge in [-0.05, 0) is 48.9 Å². The first kappa shape index (κ1) is 18.3. The maximum absolute atomic E-state index is 13.0. The van der Waals surface area contributed by atoms with Gasteiger partial charge in [0.15, 0.2) is 0 Å². The van der Waals surface area contributed by atoms with E-state index in [1.165, 1.54) is 0 Å². The molecule has 2 rings (SSSR count). The van der Waals surface area contributed by atoms with Crippen molar-refractivity contribution in [1.82, 2.24) is 0 Å². The number of ether oxygens (including phenoxy) is 1. The molecule has 0 aliphatic rings. The molecule has 0 bridgehead atoms. The van der Waals surface area contributed by atoms with Crippen molar-refractivity contribution >= 4 is 15.7 Å². The zero-order chi connectivity index (χ0) is 17.9. The summed E-state index contributed by atoms with van der Waals surface area (Å²) in [6.45, 7) is 7.74. The summed E-state index contributed by atoms with van der Waals surface area (Å²) in [6.07, 6.45) is 1.53. The van der Waals surface area contributed by atoms with E-state index in [-0.39, 0.29) is 4.90 Å². The van der Waals surface area contributed by atoms with Gasteiger partial charge in [-0.3, -0.25) is 4.72 Å². The van der Waals surface area contributed by atoms with Crippen LogP contribution >= 0.6 is 0 Å². The van der Waals surface area contributed by atoms with Crippen LogP contribution in [0.3, 0.4) is 0 Å². The molecule has 0 radical (unpaired) electrons. The Bertz CT molecular complexity index is 820. The van der Waals surface area contributed by atoms with Crippen LogP contribution in [0.4, 0.5) is 5.69 Å². The predicted octanol–water partition coefficient (Wildman–Crippen LogP) is 4.24. The molecule has 0 heterocycles. The number of nitrogens with one attached hydrogen (secondary N) is 1.